The van der Waals surface area contributed by atoms with Gasteiger partial charge < -0.3 is 14.5 Å². The summed E-state index contributed by atoms with van der Waals surface area (Å²) in [6.45, 7) is 4.45. The number of carbonyl (C=O) groups is 1. The quantitative estimate of drug-likeness (QED) is 0.841. The molecule has 0 spiro atoms. The van der Waals surface area contributed by atoms with Crippen molar-refractivity contribution in [2.45, 2.75) is 13.3 Å². The fourth-order valence-corrected chi connectivity index (χ4v) is 3.22. The lowest BCUT2D eigenvalue weighted by molar-refractivity contribution is 0.0763. The summed E-state index contributed by atoms with van der Waals surface area (Å²) in [4.78, 5) is 25.3. The number of aromatic nitrogens is 2. The molecule has 7 heteroatoms. The van der Waals surface area contributed by atoms with Gasteiger partial charge in [0.2, 0.25) is 0 Å². The first-order valence-electron chi connectivity index (χ1n) is 8.54. The van der Waals surface area contributed by atoms with Gasteiger partial charge in [-0.3, -0.25) is 4.79 Å². The lowest BCUT2D eigenvalue weighted by Crippen LogP contribution is -2.36. The van der Waals surface area contributed by atoms with Gasteiger partial charge in [-0.05, 0) is 25.0 Å². The topological polar surface area (TPSA) is 82.3 Å². The number of amides is 1. The molecule has 1 aromatic heterocycles. The van der Waals surface area contributed by atoms with E-state index in [0.717, 1.165) is 18.5 Å². The van der Waals surface area contributed by atoms with Crippen LogP contribution in [0.25, 0.3) is 0 Å². The van der Waals surface area contributed by atoms with Gasteiger partial charge in [-0.15, -0.1) is 0 Å². The summed E-state index contributed by atoms with van der Waals surface area (Å²) in [5.74, 6) is 1.15. The van der Waals surface area contributed by atoms with Crippen LogP contribution in [-0.4, -0.2) is 54.1 Å². The summed E-state index contributed by atoms with van der Waals surface area (Å²) in [5.41, 5.74) is 1.82. The molecule has 0 radical (unpaired) electrons. The molecule has 0 bridgehead atoms. The van der Waals surface area contributed by atoms with E-state index in [4.69, 9.17) is 4.74 Å². The molecule has 2 aromatic rings. The monoisotopic (exact) mass is 351 g/mol. The number of benzene rings is 1. The molecule has 0 saturated carbocycles. The number of methoxy groups -OCH3 is 1. The second-order valence-electron chi connectivity index (χ2n) is 6.13. The summed E-state index contributed by atoms with van der Waals surface area (Å²) in [6.07, 6.45) is 3.89. The van der Waals surface area contributed by atoms with E-state index in [-0.39, 0.29) is 5.91 Å². The van der Waals surface area contributed by atoms with Gasteiger partial charge in [0, 0.05) is 38.6 Å². The van der Waals surface area contributed by atoms with Crippen LogP contribution < -0.4 is 9.64 Å². The average molecular weight is 351 g/mol. The van der Waals surface area contributed by atoms with Gasteiger partial charge >= 0.3 is 0 Å². The van der Waals surface area contributed by atoms with Crippen molar-refractivity contribution in [2.24, 2.45) is 0 Å². The molecule has 0 aliphatic carbocycles. The SMILES string of the molecule is COc1cccc(C)c1C(=O)N1CCCN(c2nccnc2C#N)CC1. The molecule has 0 N–H and O–H groups in total. The lowest BCUT2D eigenvalue weighted by Gasteiger charge is -2.24. The second kappa shape index (κ2) is 7.83. The zero-order valence-corrected chi connectivity index (χ0v) is 15.0. The molecule has 1 aliphatic heterocycles. The molecule has 1 aromatic carbocycles. The van der Waals surface area contributed by atoms with E-state index in [1.54, 1.807) is 13.3 Å². The molecule has 2 heterocycles. The van der Waals surface area contributed by atoms with Crippen molar-refractivity contribution in [2.75, 3.05) is 38.2 Å². The minimum absolute atomic E-state index is 0.0264. The Balaban J connectivity index is 1.79. The zero-order chi connectivity index (χ0) is 18.5. The second-order valence-corrected chi connectivity index (χ2v) is 6.13. The summed E-state index contributed by atoms with van der Waals surface area (Å²) < 4.78 is 5.38. The third-order valence-corrected chi connectivity index (χ3v) is 4.54. The third-order valence-electron chi connectivity index (χ3n) is 4.54. The molecule has 0 unspecified atom stereocenters. The molecular weight excluding hydrogens is 330 g/mol. The lowest BCUT2D eigenvalue weighted by atomic mass is 10.1. The van der Waals surface area contributed by atoms with Gasteiger partial charge in [-0.2, -0.15) is 5.26 Å². The minimum Gasteiger partial charge on any atom is -0.496 e. The summed E-state index contributed by atoms with van der Waals surface area (Å²) in [5, 5.41) is 9.24. The predicted octanol–water partition coefficient (Wildman–Crippen LogP) is 2.02. The van der Waals surface area contributed by atoms with E-state index in [1.165, 1.54) is 6.20 Å². The Morgan fingerprint density at radius 2 is 2.00 bits per heavy atom. The highest BCUT2D eigenvalue weighted by Gasteiger charge is 2.25. The Labute approximate surface area is 152 Å². The van der Waals surface area contributed by atoms with Gasteiger partial charge in [0.25, 0.3) is 5.91 Å². The van der Waals surface area contributed by atoms with Crippen molar-refractivity contribution in [3.05, 3.63) is 47.4 Å². The fourth-order valence-electron chi connectivity index (χ4n) is 3.22. The van der Waals surface area contributed by atoms with Crippen molar-refractivity contribution in [3.8, 4) is 11.8 Å². The maximum Gasteiger partial charge on any atom is 0.257 e. The summed E-state index contributed by atoms with van der Waals surface area (Å²) in [6, 6.07) is 7.69. The van der Waals surface area contributed by atoms with Crippen molar-refractivity contribution in [1.29, 1.82) is 5.26 Å². The summed E-state index contributed by atoms with van der Waals surface area (Å²) >= 11 is 0. The van der Waals surface area contributed by atoms with Crippen LogP contribution in [0.3, 0.4) is 0 Å². The molecular formula is C19H21N5O2. The van der Waals surface area contributed by atoms with Crippen molar-refractivity contribution in [3.63, 3.8) is 0 Å². The molecule has 3 rings (SSSR count). The van der Waals surface area contributed by atoms with Crippen LogP contribution in [0.15, 0.2) is 30.6 Å². The largest absolute Gasteiger partial charge is 0.496 e. The number of hydrogen-bond acceptors (Lipinski definition) is 6. The predicted molar refractivity (Wildman–Crippen MR) is 97.2 cm³/mol. The van der Waals surface area contributed by atoms with Crippen LogP contribution in [0.2, 0.25) is 0 Å². The van der Waals surface area contributed by atoms with Gasteiger partial charge in [0.1, 0.15) is 11.8 Å². The maximum absolute atomic E-state index is 13.1. The van der Waals surface area contributed by atoms with Crippen molar-refractivity contribution in [1.82, 2.24) is 14.9 Å². The standard InChI is InChI=1S/C19H21N5O2/c1-14-5-3-6-16(26-2)17(14)19(25)24-10-4-9-23(11-12-24)18-15(13-20)21-7-8-22-18/h3,5-8H,4,9-12H2,1-2H3. The van der Waals surface area contributed by atoms with Crippen LogP contribution in [0, 0.1) is 18.3 Å². The highest BCUT2D eigenvalue weighted by atomic mass is 16.5. The number of rotatable bonds is 3. The van der Waals surface area contributed by atoms with Crippen LogP contribution in [0.5, 0.6) is 5.75 Å². The number of hydrogen-bond donors (Lipinski definition) is 0. The maximum atomic E-state index is 13.1. The summed E-state index contributed by atoms with van der Waals surface area (Å²) in [7, 11) is 1.58. The Morgan fingerprint density at radius 3 is 2.77 bits per heavy atom. The van der Waals surface area contributed by atoms with Crippen LogP contribution in [-0.2, 0) is 0 Å². The Kier molecular flexibility index (Phi) is 5.32. The molecule has 1 aliphatic rings. The van der Waals surface area contributed by atoms with Crippen LogP contribution in [0.4, 0.5) is 5.82 Å². The number of anilines is 1. The number of carbonyl (C=O) groups excluding carboxylic acids is 1. The molecule has 0 atom stereocenters. The molecule has 1 saturated heterocycles. The molecule has 26 heavy (non-hydrogen) atoms. The van der Waals surface area contributed by atoms with Gasteiger partial charge in [0.05, 0.1) is 12.7 Å². The third kappa shape index (κ3) is 3.45. The van der Waals surface area contributed by atoms with Crippen molar-refractivity contribution < 1.29 is 9.53 Å². The van der Waals surface area contributed by atoms with E-state index in [2.05, 4.69) is 16.0 Å². The number of aryl methyl sites for hydroxylation is 1. The first-order chi connectivity index (χ1) is 12.7. The molecule has 1 amide bonds. The highest BCUT2D eigenvalue weighted by molar-refractivity contribution is 5.98. The number of nitrogens with zero attached hydrogens (tertiary/aromatic N) is 5. The van der Waals surface area contributed by atoms with E-state index >= 15 is 0 Å². The number of ether oxygens (including phenoxy) is 1. The van der Waals surface area contributed by atoms with Crippen molar-refractivity contribution >= 4 is 11.7 Å². The van der Waals surface area contributed by atoms with Gasteiger partial charge in [0.15, 0.2) is 11.5 Å². The van der Waals surface area contributed by atoms with Crippen LogP contribution >= 0.6 is 0 Å². The Bertz CT molecular complexity index is 846. The fraction of sp³-hybridized carbons (Fsp3) is 0.368. The Hall–Kier alpha value is -3.14. The van der Waals surface area contributed by atoms with E-state index in [0.29, 0.717) is 42.5 Å². The van der Waals surface area contributed by atoms with Gasteiger partial charge in [-0.25, -0.2) is 9.97 Å². The average Bonchev–Trinajstić information content (AvgIpc) is 2.93. The minimum atomic E-state index is -0.0264. The molecule has 7 nitrogen and oxygen atoms in total. The zero-order valence-electron chi connectivity index (χ0n) is 15.0. The number of nitriles is 1. The first-order valence-corrected chi connectivity index (χ1v) is 8.54. The highest BCUT2D eigenvalue weighted by Crippen LogP contribution is 2.24. The molecule has 134 valence electrons. The normalized spacial score (nSPS) is 14.5. The Morgan fingerprint density at radius 1 is 1.19 bits per heavy atom. The first kappa shape index (κ1) is 17.7. The van der Waals surface area contributed by atoms with Gasteiger partial charge in [-0.1, -0.05) is 12.1 Å². The molecule has 1 fully saturated rings. The smallest absolute Gasteiger partial charge is 0.257 e. The van der Waals surface area contributed by atoms with Crippen LogP contribution in [0.1, 0.15) is 28.0 Å². The van der Waals surface area contributed by atoms with E-state index < -0.39 is 0 Å². The van der Waals surface area contributed by atoms with E-state index in [9.17, 15) is 10.1 Å². The van der Waals surface area contributed by atoms with E-state index in [1.807, 2.05) is 34.9 Å².